The number of ether oxygens (including phenoxy) is 1. The number of halogens is 1. The first-order valence-electron chi connectivity index (χ1n) is 7.70. The van der Waals surface area contributed by atoms with Crippen molar-refractivity contribution in [3.8, 4) is 17.1 Å². The quantitative estimate of drug-likeness (QED) is 0.711. The summed E-state index contributed by atoms with van der Waals surface area (Å²) in [6.45, 7) is -0.225. The van der Waals surface area contributed by atoms with E-state index in [9.17, 15) is 14.0 Å². The van der Waals surface area contributed by atoms with Crippen molar-refractivity contribution in [2.24, 2.45) is 5.73 Å². The van der Waals surface area contributed by atoms with Gasteiger partial charge in [-0.25, -0.2) is 4.39 Å². The standard InChI is InChI=1S/C19H15FN2O4/c20-15-4-2-1-3-14(15)16-9-10-17(26-16)19(24)22-12-5-7-13(8-6-12)25-11-18(21)23/h1-10H,11H2,(H2,21,23)(H,22,24). The summed E-state index contributed by atoms with van der Waals surface area (Å²) in [5, 5.41) is 2.66. The van der Waals surface area contributed by atoms with Gasteiger partial charge in [-0.2, -0.15) is 0 Å². The molecule has 3 rings (SSSR count). The molecule has 0 saturated carbocycles. The third kappa shape index (κ3) is 4.07. The number of primary amides is 1. The van der Waals surface area contributed by atoms with Crippen molar-refractivity contribution in [2.45, 2.75) is 0 Å². The number of hydrogen-bond donors (Lipinski definition) is 2. The van der Waals surface area contributed by atoms with Crippen LogP contribution in [0.15, 0.2) is 65.1 Å². The molecule has 132 valence electrons. The number of hydrogen-bond acceptors (Lipinski definition) is 4. The number of nitrogens with one attached hydrogen (secondary N) is 1. The minimum atomic E-state index is -0.578. The predicted molar refractivity (Wildman–Crippen MR) is 93.2 cm³/mol. The van der Waals surface area contributed by atoms with Crippen molar-refractivity contribution in [3.63, 3.8) is 0 Å². The van der Waals surface area contributed by atoms with Crippen LogP contribution in [-0.2, 0) is 4.79 Å². The van der Waals surface area contributed by atoms with Gasteiger partial charge in [-0.15, -0.1) is 0 Å². The Balaban J connectivity index is 1.67. The molecule has 1 aromatic heterocycles. The van der Waals surface area contributed by atoms with Gasteiger partial charge in [0.15, 0.2) is 12.4 Å². The zero-order valence-electron chi connectivity index (χ0n) is 13.6. The van der Waals surface area contributed by atoms with E-state index in [2.05, 4.69) is 5.32 Å². The molecule has 0 aliphatic carbocycles. The Morgan fingerprint density at radius 3 is 2.46 bits per heavy atom. The largest absolute Gasteiger partial charge is 0.484 e. The summed E-state index contributed by atoms with van der Waals surface area (Å²) in [5.41, 5.74) is 5.78. The SMILES string of the molecule is NC(=O)COc1ccc(NC(=O)c2ccc(-c3ccccc3F)o2)cc1. The summed E-state index contributed by atoms with van der Waals surface area (Å²) in [6, 6.07) is 15.5. The molecule has 3 N–H and O–H groups in total. The molecule has 0 radical (unpaired) electrons. The summed E-state index contributed by atoms with van der Waals surface area (Å²) < 4.78 is 24.4. The number of amides is 2. The molecule has 0 bridgehead atoms. The minimum Gasteiger partial charge on any atom is -0.484 e. The Morgan fingerprint density at radius 2 is 1.77 bits per heavy atom. The molecule has 0 saturated heterocycles. The van der Waals surface area contributed by atoms with E-state index in [1.165, 1.54) is 18.2 Å². The Morgan fingerprint density at radius 1 is 1.04 bits per heavy atom. The summed E-state index contributed by atoms with van der Waals surface area (Å²) in [4.78, 5) is 22.9. The molecule has 2 aromatic carbocycles. The highest BCUT2D eigenvalue weighted by atomic mass is 19.1. The second kappa shape index (κ2) is 7.52. The minimum absolute atomic E-state index is 0.0531. The number of nitrogens with two attached hydrogens (primary N) is 1. The van der Waals surface area contributed by atoms with Gasteiger partial charge in [-0.1, -0.05) is 12.1 Å². The van der Waals surface area contributed by atoms with Crippen molar-refractivity contribution in [1.82, 2.24) is 0 Å². The molecule has 6 nitrogen and oxygen atoms in total. The molecule has 2 amide bonds. The molecule has 0 unspecified atom stereocenters. The lowest BCUT2D eigenvalue weighted by atomic mass is 10.1. The number of furan rings is 1. The molecule has 1 heterocycles. The van der Waals surface area contributed by atoms with Crippen LogP contribution < -0.4 is 15.8 Å². The predicted octanol–water partition coefficient (Wildman–Crippen LogP) is 3.20. The molecule has 26 heavy (non-hydrogen) atoms. The monoisotopic (exact) mass is 354 g/mol. The lowest BCUT2D eigenvalue weighted by Crippen LogP contribution is -2.20. The van der Waals surface area contributed by atoms with Crippen LogP contribution in [0, 0.1) is 5.82 Å². The maximum Gasteiger partial charge on any atom is 0.291 e. The third-order valence-corrected chi connectivity index (χ3v) is 3.46. The van der Waals surface area contributed by atoms with Crippen LogP contribution in [0.25, 0.3) is 11.3 Å². The van der Waals surface area contributed by atoms with E-state index in [1.807, 2.05) is 0 Å². The van der Waals surface area contributed by atoms with Gasteiger partial charge in [0.1, 0.15) is 17.3 Å². The maximum absolute atomic E-state index is 13.8. The van der Waals surface area contributed by atoms with Crippen molar-refractivity contribution in [2.75, 3.05) is 11.9 Å². The van der Waals surface area contributed by atoms with Gasteiger partial charge in [0.25, 0.3) is 11.8 Å². The van der Waals surface area contributed by atoms with E-state index in [4.69, 9.17) is 14.9 Å². The number of anilines is 1. The molecular weight excluding hydrogens is 339 g/mol. The molecule has 0 spiro atoms. The zero-order chi connectivity index (χ0) is 18.5. The molecular formula is C19H15FN2O4. The summed E-state index contributed by atoms with van der Waals surface area (Å²) >= 11 is 0. The van der Waals surface area contributed by atoms with Crippen molar-refractivity contribution < 1.29 is 23.1 Å². The van der Waals surface area contributed by atoms with Gasteiger partial charge < -0.3 is 20.2 Å². The summed E-state index contributed by atoms with van der Waals surface area (Å²) in [6.07, 6.45) is 0. The van der Waals surface area contributed by atoms with Gasteiger partial charge >= 0.3 is 0 Å². The summed E-state index contributed by atoms with van der Waals surface area (Å²) in [5.74, 6) is -0.716. The maximum atomic E-state index is 13.8. The molecule has 7 heteroatoms. The average molecular weight is 354 g/mol. The number of carbonyl (C=O) groups excluding carboxylic acids is 2. The van der Waals surface area contributed by atoms with Crippen molar-refractivity contribution >= 4 is 17.5 Å². The van der Waals surface area contributed by atoms with Gasteiger partial charge in [0.05, 0.1) is 5.56 Å². The van der Waals surface area contributed by atoms with Crippen LogP contribution in [0.2, 0.25) is 0 Å². The lowest BCUT2D eigenvalue weighted by molar-refractivity contribution is -0.119. The van der Waals surface area contributed by atoms with Crippen LogP contribution in [0.5, 0.6) is 5.75 Å². The van der Waals surface area contributed by atoms with E-state index in [0.717, 1.165) is 0 Å². The van der Waals surface area contributed by atoms with Crippen LogP contribution in [0.3, 0.4) is 0 Å². The molecule has 0 aliphatic rings. The van der Waals surface area contributed by atoms with Gasteiger partial charge in [-0.3, -0.25) is 9.59 Å². The Labute approximate surface area is 148 Å². The fraction of sp³-hybridized carbons (Fsp3) is 0.0526. The highest BCUT2D eigenvalue weighted by Gasteiger charge is 2.14. The van der Waals surface area contributed by atoms with E-state index < -0.39 is 17.6 Å². The first kappa shape index (κ1) is 17.2. The third-order valence-electron chi connectivity index (χ3n) is 3.46. The van der Waals surface area contributed by atoms with E-state index in [0.29, 0.717) is 11.4 Å². The second-order valence-corrected chi connectivity index (χ2v) is 5.38. The van der Waals surface area contributed by atoms with Crippen molar-refractivity contribution in [3.05, 3.63) is 72.2 Å². The molecule has 0 aliphatic heterocycles. The first-order chi connectivity index (χ1) is 12.5. The van der Waals surface area contributed by atoms with Crippen LogP contribution in [0.4, 0.5) is 10.1 Å². The molecule has 0 atom stereocenters. The van der Waals surface area contributed by atoms with E-state index in [-0.39, 0.29) is 23.7 Å². The molecule has 3 aromatic rings. The highest BCUT2D eigenvalue weighted by Crippen LogP contribution is 2.25. The van der Waals surface area contributed by atoms with Crippen LogP contribution in [-0.4, -0.2) is 18.4 Å². The Hall–Kier alpha value is -3.61. The van der Waals surface area contributed by atoms with Crippen LogP contribution >= 0.6 is 0 Å². The lowest BCUT2D eigenvalue weighted by Gasteiger charge is -2.06. The van der Waals surface area contributed by atoms with Gasteiger partial charge in [0, 0.05) is 5.69 Å². The number of rotatable bonds is 6. The normalized spacial score (nSPS) is 10.3. The zero-order valence-corrected chi connectivity index (χ0v) is 13.6. The molecule has 0 fully saturated rings. The summed E-state index contributed by atoms with van der Waals surface area (Å²) in [7, 11) is 0. The number of benzene rings is 2. The topological polar surface area (TPSA) is 94.6 Å². The number of carbonyl (C=O) groups is 2. The Bertz CT molecular complexity index is 935. The Kier molecular flexibility index (Phi) is 4.98. The van der Waals surface area contributed by atoms with Gasteiger partial charge in [0.2, 0.25) is 0 Å². The van der Waals surface area contributed by atoms with E-state index >= 15 is 0 Å². The van der Waals surface area contributed by atoms with Gasteiger partial charge in [-0.05, 0) is 48.5 Å². The fourth-order valence-corrected chi connectivity index (χ4v) is 2.25. The average Bonchev–Trinajstić information content (AvgIpc) is 3.11. The van der Waals surface area contributed by atoms with Crippen molar-refractivity contribution in [1.29, 1.82) is 0 Å². The van der Waals surface area contributed by atoms with E-state index in [1.54, 1.807) is 42.5 Å². The highest BCUT2D eigenvalue weighted by molar-refractivity contribution is 6.02. The smallest absolute Gasteiger partial charge is 0.291 e. The fourth-order valence-electron chi connectivity index (χ4n) is 2.25. The first-order valence-corrected chi connectivity index (χ1v) is 7.70. The second-order valence-electron chi connectivity index (χ2n) is 5.38. The van der Waals surface area contributed by atoms with Crippen LogP contribution in [0.1, 0.15) is 10.6 Å².